The lowest BCUT2D eigenvalue weighted by Crippen LogP contribution is -2.40. The summed E-state index contributed by atoms with van der Waals surface area (Å²) >= 11 is 0. The average Bonchev–Trinajstić information content (AvgIpc) is 2.77. The van der Waals surface area contributed by atoms with E-state index in [0.29, 0.717) is 12.1 Å². The van der Waals surface area contributed by atoms with Crippen LogP contribution in [0.25, 0.3) is 11.3 Å². The molecule has 1 amide bonds. The van der Waals surface area contributed by atoms with Crippen LogP contribution in [-0.4, -0.2) is 31.5 Å². The van der Waals surface area contributed by atoms with E-state index in [2.05, 4.69) is 15.3 Å². The summed E-state index contributed by atoms with van der Waals surface area (Å²) in [6.45, 7) is 9.70. The molecule has 0 bridgehead atoms. The van der Waals surface area contributed by atoms with Gasteiger partial charge in [-0.05, 0) is 61.9 Å². The minimum atomic E-state index is -1.09. The molecule has 8 nitrogen and oxygen atoms in total. The highest BCUT2D eigenvalue weighted by Crippen LogP contribution is 2.27. The molecule has 1 aromatic carbocycles. The van der Waals surface area contributed by atoms with E-state index in [9.17, 15) is 19.5 Å². The molecular weight excluding hydrogens is 444 g/mol. The Labute approximate surface area is 205 Å². The average molecular weight is 477 g/mol. The minimum absolute atomic E-state index is 0.125. The Kier molecular flexibility index (Phi) is 8.17. The fourth-order valence-corrected chi connectivity index (χ4v) is 4.19. The van der Waals surface area contributed by atoms with Gasteiger partial charge in [0.25, 0.3) is 5.56 Å². The summed E-state index contributed by atoms with van der Waals surface area (Å²) in [4.78, 5) is 46.7. The van der Waals surface area contributed by atoms with Gasteiger partial charge >= 0.3 is 5.97 Å². The largest absolute Gasteiger partial charge is 0.481 e. The van der Waals surface area contributed by atoms with Crippen LogP contribution in [-0.2, 0) is 9.59 Å². The maximum atomic E-state index is 13.4. The van der Waals surface area contributed by atoms with Crippen molar-refractivity contribution in [2.24, 2.45) is 5.92 Å². The number of carbonyl (C=O) groups is 2. The molecule has 0 fully saturated rings. The van der Waals surface area contributed by atoms with E-state index in [4.69, 9.17) is 0 Å². The minimum Gasteiger partial charge on any atom is -0.481 e. The molecule has 0 aliphatic carbocycles. The van der Waals surface area contributed by atoms with Crippen LogP contribution < -0.4 is 10.9 Å². The number of nitrogens with zero attached hydrogens (tertiary/aromatic N) is 3. The molecule has 2 aromatic heterocycles. The predicted molar refractivity (Wildman–Crippen MR) is 134 cm³/mol. The molecule has 2 atom stereocenters. The molecular formula is C27H32N4O4. The highest BCUT2D eigenvalue weighted by molar-refractivity contribution is 5.81. The number of pyridine rings is 1. The molecule has 0 saturated carbocycles. The summed E-state index contributed by atoms with van der Waals surface area (Å²) in [5.41, 5.74) is 4.18. The number of carboxylic acids is 1. The summed E-state index contributed by atoms with van der Waals surface area (Å²) in [6.07, 6.45) is 3.20. The molecule has 8 heteroatoms. The number of hydrogen-bond donors (Lipinski definition) is 2. The number of nitrogens with one attached hydrogen (secondary N) is 1. The summed E-state index contributed by atoms with van der Waals surface area (Å²) < 4.78 is 1.40. The highest BCUT2D eigenvalue weighted by atomic mass is 16.4. The molecule has 2 heterocycles. The van der Waals surface area contributed by atoms with Crippen molar-refractivity contribution in [2.75, 3.05) is 0 Å². The summed E-state index contributed by atoms with van der Waals surface area (Å²) in [7, 11) is 0. The van der Waals surface area contributed by atoms with Crippen molar-refractivity contribution in [1.29, 1.82) is 0 Å². The second-order valence-corrected chi connectivity index (χ2v) is 9.32. The number of aromatic nitrogens is 3. The first-order chi connectivity index (χ1) is 16.6. The lowest BCUT2D eigenvalue weighted by atomic mass is 9.99. The Morgan fingerprint density at radius 1 is 1.09 bits per heavy atom. The maximum absolute atomic E-state index is 13.4. The Balaban J connectivity index is 1.98. The van der Waals surface area contributed by atoms with Crippen LogP contribution in [0, 0.1) is 26.7 Å². The number of aryl methyl sites for hydroxylation is 3. The van der Waals surface area contributed by atoms with Crippen molar-refractivity contribution < 1.29 is 14.7 Å². The van der Waals surface area contributed by atoms with Crippen molar-refractivity contribution in [1.82, 2.24) is 19.9 Å². The normalized spacial score (nSPS) is 12.9. The Morgan fingerprint density at radius 3 is 2.37 bits per heavy atom. The summed E-state index contributed by atoms with van der Waals surface area (Å²) in [5, 5.41) is 12.4. The molecule has 184 valence electrons. The second-order valence-electron chi connectivity index (χ2n) is 9.32. The Bertz CT molecular complexity index is 1260. The zero-order valence-corrected chi connectivity index (χ0v) is 20.8. The monoisotopic (exact) mass is 476 g/mol. The fraction of sp³-hybridized carbons (Fsp3) is 0.370. The van der Waals surface area contributed by atoms with Gasteiger partial charge in [0, 0.05) is 24.0 Å². The zero-order valence-electron chi connectivity index (χ0n) is 20.8. The first kappa shape index (κ1) is 25.8. The van der Waals surface area contributed by atoms with E-state index in [1.807, 2.05) is 52.8 Å². The second kappa shape index (κ2) is 11.1. The van der Waals surface area contributed by atoms with Gasteiger partial charge in [-0.3, -0.25) is 14.4 Å². The third-order valence-corrected chi connectivity index (χ3v) is 5.86. The number of hydrogen-bond acceptors (Lipinski definition) is 5. The molecule has 0 spiro atoms. The number of aliphatic carboxylic acids is 1. The van der Waals surface area contributed by atoms with Crippen molar-refractivity contribution in [3.05, 3.63) is 81.7 Å². The van der Waals surface area contributed by atoms with Gasteiger partial charge in [-0.15, -0.1) is 0 Å². The van der Waals surface area contributed by atoms with Crippen LogP contribution in [0.5, 0.6) is 0 Å². The Morgan fingerprint density at radius 2 is 1.77 bits per heavy atom. The van der Waals surface area contributed by atoms with Crippen molar-refractivity contribution in [3.8, 4) is 11.3 Å². The lowest BCUT2D eigenvalue weighted by molar-refractivity contribution is -0.138. The SMILES string of the molecule is Cc1ccn([C@@H](CC(C)C)C(=O)N[C@@H](CC(=O)O)c2nccc(-c3c(C)cccc3C)n2)c(=O)c1. The van der Waals surface area contributed by atoms with E-state index in [1.54, 1.807) is 24.5 Å². The van der Waals surface area contributed by atoms with E-state index in [-0.39, 0.29) is 23.7 Å². The van der Waals surface area contributed by atoms with Gasteiger partial charge in [-0.25, -0.2) is 9.97 Å². The van der Waals surface area contributed by atoms with Crippen molar-refractivity contribution >= 4 is 11.9 Å². The molecule has 3 rings (SSSR count). The van der Waals surface area contributed by atoms with Crippen LogP contribution >= 0.6 is 0 Å². The van der Waals surface area contributed by atoms with Crippen molar-refractivity contribution in [2.45, 2.75) is 59.5 Å². The number of carboxylic acid groups (broad SMARTS) is 1. The topological polar surface area (TPSA) is 114 Å². The first-order valence-electron chi connectivity index (χ1n) is 11.7. The van der Waals surface area contributed by atoms with Gasteiger partial charge in [-0.1, -0.05) is 32.0 Å². The molecule has 0 radical (unpaired) electrons. The summed E-state index contributed by atoms with van der Waals surface area (Å²) in [6, 6.07) is 9.20. The number of carbonyl (C=O) groups excluding carboxylic acids is 1. The van der Waals surface area contributed by atoms with Gasteiger partial charge in [0.1, 0.15) is 6.04 Å². The van der Waals surface area contributed by atoms with Crippen LogP contribution in [0.2, 0.25) is 0 Å². The van der Waals surface area contributed by atoms with Crippen LogP contribution in [0.4, 0.5) is 0 Å². The Hall–Kier alpha value is -3.81. The van der Waals surface area contributed by atoms with Gasteiger partial charge in [0.2, 0.25) is 5.91 Å². The molecule has 0 unspecified atom stereocenters. The van der Waals surface area contributed by atoms with Gasteiger partial charge < -0.3 is 15.0 Å². The number of benzene rings is 1. The number of rotatable bonds is 9. The molecule has 0 saturated heterocycles. The molecule has 2 N–H and O–H groups in total. The van der Waals surface area contributed by atoms with E-state index >= 15 is 0 Å². The molecule has 3 aromatic rings. The quantitative estimate of drug-likeness (QED) is 0.480. The third kappa shape index (κ3) is 6.41. The van der Waals surface area contributed by atoms with Crippen LogP contribution in [0.15, 0.2) is 53.6 Å². The lowest BCUT2D eigenvalue weighted by Gasteiger charge is -2.24. The maximum Gasteiger partial charge on any atom is 0.305 e. The fourth-order valence-electron chi connectivity index (χ4n) is 4.19. The smallest absolute Gasteiger partial charge is 0.305 e. The predicted octanol–water partition coefficient (Wildman–Crippen LogP) is 4.15. The van der Waals surface area contributed by atoms with Crippen molar-refractivity contribution in [3.63, 3.8) is 0 Å². The first-order valence-corrected chi connectivity index (χ1v) is 11.7. The summed E-state index contributed by atoms with van der Waals surface area (Å²) in [5.74, 6) is -1.21. The van der Waals surface area contributed by atoms with E-state index < -0.39 is 24.0 Å². The number of amides is 1. The van der Waals surface area contributed by atoms with Gasteiger partial charge in [0.15, 0.2) is 5.82 Å². The van der Waals surface area contributed by atoms with Gasteiger partial charge in [-0.2, -0.15) is 0 Å². The highest BCUT2D eigenvalue weighted by Gasteiger charge is 2.28. The van der Waals surface area contributed by atoms with Crippen LogP contribution in [0.3, 0.4) is 0 Å². The molecule has 0 aliphatic rings. The molecule has 0 aliphatic heterocycles. The molecule has 35 heavy (non-hydrogen) atoms. The third-order valence-electron chi connectivity index (χ3n) is 5.86. The van der Waals surface area contributed by atoms with E-state index in [0.717, 1.165) is 22.3 Å². The van der Waals surface area contributed by atoms with E-state index in [1.165, 1.54) is 10.6 Å². The zero-order chi connectivity index (χ0) is 25.7. The van der Waals surface area contributed by atoms with Gasteiger partial charge in [0.05, 0.1) is 18.2 Å². The van der Waals surface area contributed by atoms with Crippen LogP contribution in [0.1, 0.15) is 61.3 Å². The standard InChI is InChI=1S/C27H32N4O4/c1-16(2)13-22(31-12-10-17(3)14-23(31)32)27(35)30-21(15-24(33)34)26-28-11-9-20(29-26)25-18(4)7-6-8-19(25)5/h6-12,14,16,21-22H,13,15H2,1-5H3,(H,30,35)(H,33,34)/t21-,22-/m0/s1.